The lowest BCUT2D eigenvalue weighted by Crippen LogP contribution is -2.54. The van der Waals surface area contributed by atoms with E-state index in [1.54, 1.807) is 0 Å². The van der Waals surface area contributed by atoms with Gasteiger partial charge in [-0.1, -0.05) is 0 Å². The number of carbonyl (C=O) groups is 2. The number of nitrogens with zero attached hydrogens (tertiary/aromatic N) is 3. The van der Waals surface area contributed by atoms with Gasteiger partial charge in [-0.25, -0.2) is 4.79 Å². The lowest BCUT2D eigenvalue weighted by molar-refractivity contribution is -0.133. The maximum Gasteiger partial charge on any atom is 0.320 e. The molecule has 2 aliphatic heterocycles. The average molecular weight is 324 g/mol. The van der Waals surface area contributed by atoms with E-state index in [1.165, 1.54) is 12.8 Å². The molecule has 0 spiro atoms. The standard InChI is InChI=1S/C17H32N4O2/c1-3-19(4-2)17(23)21-13-11-20(12-14-21)16(22)6-5-15-7-9-18-10-8-15/h15,18H,3-14H2,1-2H3. The van der Waals surface area contributed by atoms with Crippen LogP contribution in [0.5, 0.6) is 0 Å². The van der Waals surface area contributed by atoms with Gasteiger partial charge in [0, 0.05) is 45.7 Å². The molecule has 0 atom stereocenters. The van der Waals surface area contributed by atoms with Crippen LogP contribution in [0, 0.1) is 5.92 Å². The van der Waals surface area contributed by atoms with Gasteiger partial charge in [0.05, 0.1) is 0 Å². The maximum absolute atomic E-state index is 12.4. The van der Waals surface area contributed by atoms with E-state index in [0.29, 0.717) is 38.5 Å². The molecule has 2 heterocycles. The van der Waals surface area contributed by atoms with Gasteiger partial charge in [-0.2, -0.15) is 0 Å². The molecule has 2 rings (SSSR count). The normalized spacial score (nSPS) is 19.7. The summed E-state index contributed by atoms with van der Waals surface area (Å²) in [5.74, 6) is 0.962. The second-order valence-electron chi connectivity index (χ2n) is 6.55. The summed E-state index contributed by atoms with van der Waals surface area (Å²) in [5.41, 5.74) is 0. The quantitative estimate of drug-likeness (QED) is 0.831. The molecule has 3 amide bonds. The molecule has 0 radical (unpaired) electrons. The van der Waals surface area contributed by atoms with E-state index < -0.39 is 0 Å². The molecule has 2 aliphatic rings. The molecule has 2 saturated heterocycles. The van der Waals surface area contributed by atoms with Crippen LogP contribution in [0.1, 0.15) is 39.5 Å². The van der Waals surface area contributed by atoms with Crippen LogP contribution in [0.15, 0.2) is 0 Å². The molecule has 6 heteroatoms. The summed E-state index contributed by atoms with van der Waals surface area (Å²) in [6.45, 7) is 10.3. The lowest BCUT2D eigenvalue weighted by Gasteiger charge is -2.37. The number of hydrogen-bond donors (Lipinski definition) is 1. The van der Waals surface area contributed by atoms with E-state index in [9.17, 15) is 9.59 Å². The van der Waals surface area contributed by atoms with Gasteiger partial charge >= 0.3 is 6.03 Å². The largest absolute Gasteiger partial charge is 0.339 e. The fourth-order valence-electron chi connectivity index (χ4n) is 3.50. The van der Waals surface area contributed by atoms with E-state index in [1.807, 2.05) is 28.5 Å². The van der Waals surface area contributed by atoms with E-state index >= 15 is 0 Å². The van der Waals surface area contributed by atoms with Gasteiger partial charge in [0.1, 0.15) is 0 Å². The first-order valence-corrected chi connectivity index (χ1v) is 9.18. The van der Waals surface area contributed by atoms with Gasteiger partial charge in [0.2, 0.25) is 5.91 Å². The number of piperidine rings is 1. The molecule has 23 heavy (non-hydrogen) atoms. The third kappa shape index (κ3) is 5.09. The maximum atomic E-state index is 12.4. The second-order valence-corrected chi connectivity index (χ2v) is 6.55. The van der Waals surface area contributed by atoms with Crippen LogP contribution >= 0.6 is 0 Å². The van der Waals surface area contributed by atoms with Crippen molar-refractivity contribution in [3.8, 4) is 0 Å². The van der Waals surface area contributed by atoms with Crippen molar-refractivity contribution < 1.29 is 9.59 Å². The van der Waals surface area contributed by atoms with Crippen molar-refractivity contribution in [3.05, 3.63) is 0 Å². The molecule has 1 N–H and O–H groups in total. The van der Waals surface area contributed by atoms with Crippen molar-refractivity contribution >= 4 is 11.9 Å². The molecule has 132 valence electrons. The number of urea groups is 1. The van der Waals surface area contributed by atoms with Crippen LogP contribution in [0.3, 0.4) is 0 Å². The predicted molar refractivity (Wildman–Crippen MR) is 91.3 cm³/mol. The van der Waals surface area contributed by atoms with Crippen LogP contribution in [0.25, 0.3) is 0 Å². The van der Waals surface area contributed by atoms with Crippen molar-refractivity contribution in [1.82, 2.24) is 20.0 Å². The lowest BCUT2D eigenvalue weighted by atomic mass is 9.93. The Kier molecular flexibility index (Phi) is 7.15. The first kappa shape index (κ1) is 18.0. The smallest absolute Gasteiger partial charge is 0.320 e. The van der Waals surface area contributed by atoms with Crippen molar-refractivity contribution in [1.29, 1.82) is 0 Å². The molecule has 0 unspecified atom stereocenters. The monoisotopic (exact) mass is 324 g/mol. The number of rotatable bonds is 5. The minimum atomic E-state index is 0.108. The van der Waals surface area contributed by atoms with Gasteiger partial charge in [0.15, 0.2) is 0 Å². The van der Waals surface area contributed by atoms with Crippen LogP contribution < -0.4 is 5.32 Å². The zero-order valence-corrected chi connectivity index (χ0v) is 14.7. The topological polar surface area (TPSA) is 55.9 Å². The third-order valence-corrected chi connectivity index (χ3v) is 5.16. The Morgan fingerprint density at radius 1 is 1.00 bits per heavy atom. The summed E-state index contributed by atoms with van der Waals surface area (Å²) in [7, 11) is 0. The molecule has 0 aliphatic carbocycles. The Morgan fingerprint density at radius 3 is 2.13 bits per heavy atom. The molecule has 0 aromatic rings. The molecule has 6 nitrogen and oxygen atoms in total. The highest BCUT2D eigenvalue weighted by Crippen LogP contribution is 2.18. The van der Waals surface area contributed by atoms with E-state index in [4.69, 9.17) is 0 Å². The Balaban J connectivity index is 1.70. The van der Waals surface area contributed by atoms with E-state index in [-0.39, 0.29) is 11.9 Å². The number of hydrogen-bond acceptors (Lipinski definition) is 3. The average Bonchev–Trinajstić information content (AvgIpc) is 2.61. The van der Waals surface area contributed by atoms with Gasteiger partial charge in [0.25, 0.3) is 0 Å². The van der Waals surface area contributed by atoms with Crippen molar-refractivity contribution in [2.24, 2.45) is 5.92 Å². The molecule has 0 bridgehead atoms. The molecule has 0 aromatic carbocycles. The van der Waals surface area contributed by atoms with Gasteiger partial charge < -0.3 is 20.0 Å². The minimum Gasteiger partial charge on any atom is -0.339 e. The van der Waals surface area contributed by atoms with Crippen molar-refractivity contribution in [2.45, 2.75) is 39.5 Å². The van der Waals surface area contributed by atoms with Crippen LogP contribution in [0.4, 0.5) is 4.79 Å². The fourth-order valence-corrected chi connectivity index (χ4v) is 3.50. The predicted octanol–water partition coefficient (Wildman–Crippen LogP) is 1.37. The summed E-state index contributed by atoms with van der Waals surface area (Å²) in [6.07, 6.45) is 4.06. The van der Waals surface area contributed by atoms with E-state index in [0.717, 1.165) is 32.6 Å². The van der Waals surface area contributed by atoms with Crippen LogP contribution in [-0.2, 0) is 4.79 Å². The zero-order valence-electron chi connectivity index (χ0n) is 14.7. The Labute approximate surface area is 140 Å². The first-order valence-electron chi connectivity index (χ1n) is 9.18. The molecule has 2 fully saturated rings. The Morgan fingerprint density at radius 2 is 1.57 bits per heavy atom. The Bertz CT molecular complexity index is 384. The van der Waals surface area contributed by atoms with Crippen molar-refractivity contribution in [3.63, 3.8) is 0 Å². The number of nitrogens with one attached hydrogen (secondary N) is 1. The summed E-state index contributed by atoms with van der Waals surface area (Å²) >= 11 is 0. The van der Waals surface area contributed by atoms with Crippen molar-refractivity contribution in [2.75, 3.05) is 52.4 Å². The van der Waals surface area contributed by atoms with Crippen LogP contribution in [0.2, 0.25) is 0 Å². The number of carbonyl (C=O) groups excluding carboxylic acids is 2. The van der Waals surface area contributed by atoms with Gasteiger partial charge in [-0.3, -0.25) is 4.79 Å². The highest BCUT2D eigenvalue weighted by Gasteiger charge is 2.26. The number of amides is 3. The summed E-state index contributed by atoms with van der Waals surface area (Å²) < 4.78 is 0. The molecular formula is C17H32N4O2. The Hall–Kier alpha value is -1.30. The summed E-state index contributed by atoms with van der Waals surface area (Å²) in [6, 6.07) is 0.108. The van der Waals surface area contributed by atoms with Crippen LogP contribution in [-0.4, -0.2) is 79.0 Å². The molecule has 0 saturated carbocycles. The molecule has 0 aromatic heterocycles. The fraction of sp³-hybridized carbons (Fsp3) is 0.882. The zero-order chi connectivity index (χ0) is 16.7. The SMILES string of the molecule is CCN(CC)C(=O)N1CCN(C(=O)CCC2CCNCC2)CC1. The summed E-state index contributed by atoms with van der Waals surface area (Å²) in [5, 5.41) is 3.36. The summed E-state index contributed by atoms with van der Waals surface area (Å²) in [4.78, 5) is 30.3. The highest BCUT2D eigenvalue weighted by atomic mass is 16.2. The number of piperazine rings is 1. The van der Waals surface area contributed by atoms with E-state index in [2.05, 4.69) is 5.32 Å². The highest BCUT2D eigenvalue weighted by molar-refractivity contribution is 5.77. The second kappa shape index (κ2) is 9.11. The minimum absolute atomic E-state index is 0.108. The van der Waals surface area contributed by atoms with Gasteiger partial charge in [-0.05, 0) is 52.1 Å². The third-order valence-electron chi connectivity index (χ3n) is 5.16. The first-order chi connectivity index (χ1) is 11.2. The molecular weight excluding hydrogens is 292 g/mol. The van der Waals surface area contributed by atoms with Gasteiger partial charge in [-0.15, -0.1) is 0 Å².